The molecule has 0 bridgehead atoms. The van der Waals surface area contributed by atoms with E-state index in [1.807, 2.05) is 0 Å². The maximum atomic E-state index is 11.0. The predicted octanol–water partition coefficient (Wildman–Crippen LogP) is 1.83. The molecular weight excluding hydrogens is 178 g/mol. The summed E-state index contributed by atoms with van der Waals surface area (Å²) in [6.45, 7) is 1.77. The standard InChI is InChI=1S/C8H8ClNO2/c1-5-7(9)3-6(4-10-5)8(11)12-2/h3-4H,1-2H3. The molecule has 0 aliphatic heterocycles. The lowest BCUT2D eigenvalue weighted by atomic mass is 10.2. The molecule has 12 heavy (non-hydrogen) atoms. The summed E-state index contributed by atoms with van der Waals surface area (Å²) in [6, 6.07) is 1.54. The van der Waals surface area contributed by atoms with Gasteiger partial charge in [0.1, 0.15) is 0 Å². The number of hydrogen-bond donors (Lipinski definition) is 0. The average molecular weight is 186 g/mol. The van der Waals surface area contributed by atoms with Gasteiger partial charge in [0.15, 0.2) is 0 Å². The Bertz CT molecular complexity index is 312. The molecule has 0 saturated carbocycles. The molecule has 0 spiro atoms. The summed E-state index contributed by atoms with van der Waals surface area (Å²) in [5.74, 6) is -0.426. The van der Waals surface area contributed by atoms with Crippen molar-refractivity contribution in [2.24, 2.45) is 0 Å². The number of carbonyl (C=O) groups excluding carboxylic acids is 1. The summed E-state index contributed by atoms with van der Waals surface area (Å²) in [5, 5.41) is 0.470. The Kier molecular flexibility index (Phi) is 2.65. The number of pyridine rings is 1. The van der Waals surface area contributed by atoms with E-state index in [4.69, 9.17) is 11.6 Å². The highest BCUT2D eigenvalue weighted by Crippen LogP contribution is 2.14. The van der Waals surface area contributed by atoms with Gasteiger partial charge in [0.05, 0.1) is 23.4 Å². The van der Waals surface area contributed by atoms with Crippen LogP contribution < -0.4 is 0 Å². The summed E-state index contributed by atoms with van der Waals surface area (Å²) in [7, 11) is 1.32. The zero-order valence-corrected chi connectivity index (χ0v) is 7.55. The number of aryl methyl sites for hydroxylation is 1. The summed E-state index contributed by atoms with van der Waals surface area (Å²) in [4.78, 5) is 14.9. The number of carbonyl (C=O) groups is 1. The highest BCUT2D eigenvalue weighted by Gasteiger charge is 2.06. The maximum Gasteiger partial charge on any atom is 0.339 e. The molecule has 0 aliphatic rings. The van der Waals surface area contributed by atoms with Gasteiger partial charge >= 0.3 is 5.97 Å². The third-order valence-corrected chi connectivity index (χ3v) is 1.83. The third-order valence-electron chi connectivity index (χ3n) is 1.45. The zero-order chi connectivity index (χ0) is 9.14. The summed E-state index contributed by atoms with van der Waals surface area (Å²) in [6.07, 6.45) is 1.44. The molecule has 1 aromatic rings. The smallest absolute Gasteiger partial charge is 0.339 e. The first-order valence-corrected chi connectivity index (χ1v) is 3.73. The Balaban J connectivity index is 3.05. The number of esters is 1. The third kappa shape index (κ3) is 1.74. The SMILES string of the molecule is COC(=O)c1cnc(C)c(Cl)c1. The van der Waals surface area contributed by atoms with Crippen LogP contribution in [0.3, 0.4) is 0 Å². The molecule has 64 valence electrons. The predicted molar refractivity (Wildman–Crippen MR) is 45.3 cm³/mol. The van der Waals surface area contributed by atoms with E-state index in [-0.39, 0.29) is 0 Å². The Labute approximate surface area is 75.3 Å². The molecule has 1 heterocycles. The van der Waals surface area contributed by atoms with E-state index >= 15 is 0 Å². The van der Waals surface area contributed by atoms with Crippen LogP contribution in [0.4, 0.5) is 0 Å². The molecule has 3 nitrogen and oxygen atoms in total. The average Bonchev–Trinajstić information content (AvgIpc) is 2.08. The van der Waals surface area contributed by atoms with E-state index in [1.54, 1.807) is 6.92 Å². The van der Waals surface area contributed by atoms with Crippen LogP contribution in [0.5, 0.6) is 0 Å². The van der Waals surface area contributed by atoms with E-state index in [0.29, 0.717) is 16.3 Å². The van der Waals surface area contributed by atoms with E-state index < -0.39 is 5.97 Å². The summed E-state index contributed by atoms with van der Waals surface area (Å²) >= 11 is 5.74. The Morgan fingerprint density at radius 3 is 2.83 bits per heavy atom. The normalized spacial score (nSPS) is 9.58. The van der Waals surface area contributed by atoms with Crippen molar-refractivity contribution in [2.45, 2.75) is 6.92 Å². The fourth-order valence-electron chi connectivity index (χ4n) is 0.736. The van der Waals surface area contributed by atoms with Crippen LogP contribution in [0, 0.1) is 6.92 Å². The number of halogens is 1. The molecule has 0 amide bonds. The number of hydrogen-bond acceptors (Lipinski definition) is 3. The van der Waals surface area contributed by atoms with Crippen molar-refractivity contribution in [1.82, 2.24) is 4.98 Å². The van der Waals surface area contributed by atoms with E-state index in [2.05, 4.69) is 9.72 Å². The molecule has 0 saturated heterocycles. The van der Waals surface area contributed by atoms with Crippen molar-refractivity contribution < 1.29 is 9.53 Å². The first kappa shape index (κ1) is 9.00. The largest absolute Gasteiger partial charge is 0.465 e. The quantitative estimate of drug-likeness (QED) is 0.627. The molecule has 0 fully saturated rings. The Morgan fingerprint density at radius 2 is 2.33 bits per heavy atom. The van der Waals surface area contributed by atoms with Crippen LogP contribution >= 0.6 is 11.6 Å². The van der Waals surface area contributed by atoms with Crippen LogP contribution in [0.25, 0.3) is 0 Å². The minimum Gasteiger partial charge on any atom is -0.465 e. The van der Waals surface area contributed by atoms with Crippen LogP contribution in [-0.2, 0) is 4.74 Å². The van der Waals surface area contributed by atoms with Gasteiger partial charge in [-0.3, -0.25) is 4.98 Å². The van der Waals surface area contributed by atoms with Crippen molar-refractivity contribution in [3.8, 4) is 0 Å². The van der Waals surface area contributed by atoms with Gasteiger partial charge < -0.3 is 4.74 Å². The molecule has 0 N–H and O–H groups in total. The van der Waals surface area contributed by atoms with E-state index in [1.165, 1.54) is 19.4 Å². The summed E-state index contributed by atoms with van der Waals surface area (Å²) < 4.78 is 4.49. The van der Waals surface area contributed by atoms with Crippen LogP contribution in [0.15, 0.2) is 12.3 Å². The lowest BCUT2D eigenvalue weighted by Crippen LogP contribution is -2.02. The molecule has 1 aromatic heterocycles. The second-order valence-corrected chi connectivity index (χ2v) is 2.69. The molecule has 0 radical (unpaired) electrons. The van der Waals surface area contributed by atoms with Crippen molar-refractivity contribution in [3.05, 3.63) is 28.5 Å². The number of ether oxygens (including phenoxy) is 1. The minimum absolute atomic E-state index is 0.369. The highest BCUT2D eigenvalue weighted by molar-refractivity contribution is 6.31. The van der Waals surface area contributed by atoms with Crippen LogP contribution in [0.2, 0.25) is 5.02 Å². The Hall–Kier alpha value is -1.09. The molecule has 0 unspecified atom stereocenters. The van der Waals surface area contributed by atoms with Gasteiger partial charge in [0.2, 0.25) is 0 Å². The molecular formula is C8H8ClNO2. The lowest BCUT2D eigenvalue weighted by molar-refractivity contribution is 0.0600. The number of rotatable bonds is 1. The van der Waals surface area contributed by atoms with Crippen molar-refractivity contribution in [3.63, 3.8) is 0 Å². The van der Waals surface area contributed by atoms with Crippen LogP contribution in [-0.4, -0.2) is 18.1 Å². The van der Waals surface area contributed by atoms with Crippen molar-refractivity contribution in [1.29, 1.82) is 0 Å². The van der Waals surface area contributed by atoms with Gasteiger partial charge in [-0.1, -0.05) is 11.6 Å². The lowest BCUT2D eigenvalue weighted by Gasteiger charge is -2.00. The fourth-order valence-corrected chi connectivity index (χ4v) is 0.902. The van der Waals surface area contributed by atoms with Crippen molar-refractivity contribution >= 4 is 17.6 Å². The molecule has 0 aromatic carbocycles. The fraction of sp³-hybridized carbons (Fsp3) is 0.250. The second-order valence-electron chi connectivity index (χ2n) is 2.28. The summed E-state index contributed by atoms with van der Waals surface area (Å²) in [5.41, 5.74) is 1.07. The topological polar surface area (TPSA) is 39.2 Å². The van der Waals surface area contributed by atoms with Gasteiger partial charge in [-0.15, -0.1) is 0 Å². The molecule has 4 heteroatoms. The van der Waals surface area contributed by atoms with Crippen molar-refractivity contribution in [2.75, 3.05) is 7.11 Å². The van der Waals surface area contributed by atoms with Gasteiger partial charge in [0, 0.05) is 6.20 Å². The zero-order valence-electron chi connectivity index (χ0n) is 6.80. The molecule has 0 aliphatic carbocycles. The molecule has 0 atom stereocenters. The number of methoxy groups -OCH3 is 1. The van der Waals surface area contributed by atoms with Crippen LogP contribution in [0.1, 0.15) is 16.1 Å². The minimum atomic E-state index is -0.426. The second kappa shape index (κ2) is 3.54. The van der Waals surface area contributed by atoms with Gasteiger partial charge in [-0.25, -0.2) is 4.79 Å². The van der Waals surface area contributed by atoms with E-state index in [9.17, 15) is 4.79 Å². The highest BCUT2D eigenvalue weighted by atomic mass is 35.5. The maximum absolute atomic E-state index is 11.0. The van der Waals surface area contributed by atoms with Gasteiger partial charge in [-0.2, -0.15) is 0 Å². The van der Waals surface area contributed by atoms with Gasteiger partial charge in [-0.05, 0) is 13.0 Å². The number of aromatic nitrogens is 1. The molecule has 1 rings (SSSR count). The monoisotopic (exact) mass is 185 g/mol. The Morgan fingerprint density at radius 1 is 1.67 bits per heavy atom. The van der Waals surface area contributed by atoms with E-state index in [0.717, 1.165) is 0 Å². The first-order chi connectivity index (χ1) is 5.65. The first-order valence-electron chi connectivity index (χ1n) is 3.35. The van der Waals surface area contributed by atoms with Gasteiger partial charge in [0.25, 0.3) is 0 Å². The number of nitrogens with zero attached hydrogens (tertiary/aromatic N) is 1.